The van der Waals surface area contributed by atoms with E-state index in [1.54, 1.807) is 6.07 Å². The summed E-state index contributed by atoms with van der Waals surface area (Å²) in [5.41, 5.74) is 1.98. The Morgan fingerprint density at radius 2 is 1.95 bits per heavy atom. The number of ketones is 1. The van der Waals surface area contributed by atoms with E-state index in [-0.39, 0.29) is 5.78 Å². The summed E-state index contributed by atoms with van der Waals surface area (Å²) in [7, 11) is 0. The molecule has 0 amide bonds. The summed E-state index contributed by atoms with van der Waals surface area (Å²) in [6.07, 6.45) is 2.42. The number of hydrogen-bond donors (Lipinski definition) is 0. The summed E-state index contributed by atoms with van der Waals surface area (Å²) in [5, 5.41) is 0. The number of carbonyl (C=O) groups excluding carboxylic acids is 1. The number of aryl methyl sites for hydroxylation is 1. The highest BCUT2D eigenvalue weighted by atomic mass is 16.5. The molecule has 0 radical (unpaired) electrons. The fourth-order valence-corrected chi connectivity index (χ4v) is 2.44. The van der Waals surface area contributed by atoms with Gasteiger partial charge in [-0.05, 0) is 30.5 Å². The molecule has 0 aliphatic carbocycles. The lowest BCUT2D eigenvalue weighted by Crippen LogP contribution is -2.15. The van der Waals surface area contributed by atoms with Gasteiger partial charge in [0.2, 0.25) is 0 Å². The van der Waals surface area contributed by atoms with Crippen LogP contribution >= 0.6 is 0 Å². The van der Waals surface area contributed by atoms with Crippen molar-refractivity contribution >= 4 is 5.78 Å². The second kappa shape index (κ2) is 6.44. The van der Waals surface area contributed by atoms with Crippen LogP contribution in [0.5, 0.6) is 11.5 Å². The maximum absolute atomic E-state index is 11.7. The number of ether oxygens (including phenoxy) is 2. The molecule has 0 unspecified atom stereocenters. The second-order valence-corrected chi connectivity index (χ2v) is 5.12. The summed E-state index contributed by atoms with van der Waals surface area (Å²) in [6, 6.07) is 15.8. The van der Waals surface area contributed by atoms with Crippen molar-refractivity contribution in [3.63, 3.8) is 0 Å². The molecular weight excluding hydrogens is 264 g/mol. The summed E-state index contributed by atoms with van der Waals surface area (Å²) in [5.74, 6) is 1.55. The molecule has 0 saturated heterocycles. The number of rotatable bonds is 5. The first-order chi connectivity index (χ1) is 10.3. The lowest BCUT2D eigenvalue weighted by Gasteiger charge is -2.17. The Bertz CT molecular complexity index is 620. The van der Waals surface area contributed by atoms with Gasteiger partial charge in [0, 0.05) is 12.5 Å². The van der Waals surface area contributed by atoms with Crippen LogP contribution < -0.4 is 9.47 Å². The number of Topliss-reactive ketones (excluding diaryl/α,β-unsaturated/α-hetero) is 1. The zero-order valence-electron chi connectivity index (χ0n) is 11.9. The van der Waals surface area contributed by atoms with Crippen LogP contribution in [0, 0.1) is 0 Å². The summed E-state index contributed by atoms with van der Waals surface area (Å²) < 4.78 is 11.2. The predicted molar refractivity (Wildman–Crippen MR) is 81.1 cm³/mol. The molecule has 3 rings (SSSR count). The lowest BCUT2D eigenvalue weighted by molar-refractivity contribution is 0.0933. The van der Waals surface area contributed by atoms with Crippen molar-refractivity contribution in [2.24, 2.45) is 0 Å². The Labute approximate surface area is 124 Å². The van der Waals surface area contributed by atoms with Crippen LogP contribution in [0.25, 0.3) is 0 Å². The van der Waals surface area contributed by atoms with Gasteiger partial charge in [0.1, 0.15) is 11.5 Å². The lowest BCUT2D eigenvalue weighted by atomic mass is 10.1. The van der Waals surface area contributed by atoms with Crippen molar-refractivity contribution in [2.45, 2.75) is 19.3 Å². The average molecular weight is 282 g/mol. The van der Waals surface area contributed by atoms with Gasteiger partial charge in [-0.25, -0.2) is 0 Å². The predicted octanol–water partition coefficient (Wildman–Crippen LogP) is 3.66. The van der Waals surface area contributed by atoms with Crippen molar-refractivity contribution in [1.82, 2.24) is 0 Å². The molecule has 21 heavy (non-hydrogen) atoms. The molecule has 0 atom stereocenters. The molecule has 2 aromatic rings. The molecule has 0 bridgehead atoms. The number of benzene rings is 2. The van der Waals surface area contributed by atoms with Crippen molar-refractivity contribution in [2.75, 3.05) is 13.2 Å². The maximum atomic E-state index is 11.7. The van der Waals surface area contributed by atoms with Crippen molar-refractivity contribution in [1.29, 1.82) is 0 Å². The Morgan fingerprint density at radius 3 is 2.81 bits per heavy atom. The zero-order chi connectivity index (χ0) is 14.5. The molecule has 1 aliphatic rings. The van der Waals surface area contributed by atoms with Crippen LogP contribution in [0.15, 0.2) is 48.5 Å². The largest absolute Gasteiger partial charge is 0.493 e. The van der Waals surface area contributed by atoms with Gasteiger partial charge in [0.15, 0.2) is 5.78 Å². The van der Waals surface area contributed by atoms with E-state index in [9.17, 15) is 4.79 Å². The van der Waals surface area contributed by atoms with Crippen LogP contribution in [-0.2, 0) is 6.42 Å². The first kappa shape index (κ1) is 13.7. The van der Waals surface area contributed by atoms with E-state index in [1.165, 1.54) is 5.56 Å². The molecule has 0 spiro atoms. The van der Waals surface area contributed by atoms with E-state index in [0.717, 1.165) is 18.6 Å². The smallest absolute Gasteiger partial charge is 0.169 e. The van der Waals surface area contributed by atoms with E-state index in [0.29, 0.717) is 30.9 Å². The molecular formula is C18H18O3. The quantitative estimate of drug-likeness (QED) is 0.785. The molecule has 1 aliphatic heterocycles. The van der Waals surface area contributed by atoms with E-state index in [4.69, 9.17) is 9.47 Å². The van der Waals surface area contributed by atoms with Crippen molar-refractivity contribution in [3.8, 4) is 11.5 Å². The minimum Gasteiger partial charge on any atom is -0.493 e. The second-order valence-electron chi connectivity index (χ2n) is 5.12. The maximum Gasteiger partial charge on any atom is 0.169 e. The molecule has 108 valence electrons. The Morgan fingerprint density at radius 1 is 1.10 bits per heavy atom. The summed E-state index contributed by atoms with van der Waals surface area (Å²) in [4.78, 5) is 11.7. The third-order valence-corrected chi connectivity index (χ3v) is 3.56. The fourth-order valence-electron chi connectivity index (χ4n) is 2.44. The van der Waals surface area contributed by atoms with Crippen LogP contribution in [0.2, 0.25) is 0 Å². The third-order valence-electron chi connectivity index (χ3n) is 3.56. The SMILES string of the molecule is O=C1CCOc2cc(OCCCc3ccccc3)ccc21. The van der Waals surface area contributed by atoms with Gasteiger partial charge in [-0.2, -0.15) is 0 Å². The van der Waals surface area contributed by atoms with Gasteiger partial charge in [0.25, 0.3) is 0 Å². The molecule has 3 nitrogen and oxygen atoms in total. The Kier molecular flexibility index (Phi) is 4.20. The Balaban J connectivity index is 1.53. The zero-order valence-corrected chi connectivity index (χ0v) is 11.9. The topological polar surface area (TPSA) is 35.5 Å². The minimum atomic E-state index is 0.145. The molecule has 1 heterocycles. The van der Waals surface area contributed by atoms with Gasteiger partial charge >= 0.3 is 0 Å². The first-order valence-corrected chi connectivity index (χ1v) is 7.30. The van der Waals surface area contributed by atoms with Gasteiger partial charge in [-0.1, -0.05) is 30.3 Å². The van der Waals surface area contributed by atoms with Gasteiger partial charge in [0.05, 0.1) is 18.8 Å². The Hall–Kier alpha value is -2.29. The van der Waals surface area contributed by atoms with E-state index in [2.05, 4.69) is 12.1 Å². The summed E-state index contributed by atoms with van der Waals surface area (Å²) >= 11 is 0. The monoisotopic (exact) mass is 282 g/mol. The van der Waals surface area contributed by atoms with E-state index >= 15 is 0 Å². The third kappa shape index (κ3) is 3.43. The van der Waals surface area contributed by atoms with Crippen LogP contribution in [0.3, 0.4) is 0 Å². The minimum absolute atomic E-state index is 0.145. The molecule has 0 fully saturated rings. The molecule has 3 heteroatoms. The highest BCUT2D eigenvalue weighted by molar-refractivity contribution is 5.99. The van der Waals surface area contributed by atoms with Gasteiger partial charge < -0.3 is 9.47 Å². The van der Waals surface area contributed by atoms with Crippen molar-refractivity contribution in [3.05, 3.63) is 59.7 Å². The molecule has 0 aromatic heterocycles. The molecule has 0 N–H and O–H groups in total. The van der Waals surface area contributed by atoms with Crippen LogP contribution in [0.1, 0.15) is 28.8 Å². The van der Waals surface area contributed by atoms with Gasteiger partial charge in [-0.3, -0.25) is 4.79 Å². The number of fused-ring (bicyclic) bond motifs is 1. The van der Waals surface area contributed by atoms with Crippen LogP contribution in [-0.4, -0.2) is 19.0 Å². The highest BCUT2D eigenvalue weighted by Gasteiger charge is 2.18. The fraction of sp³-hybridized carbons (Fsp3) is 0.278. The first-order valence-electron chi connectivity index (χ1n) is 7.30. The molecule has 2 aromatic carbocycles. The number of carbonyl (C=O) groups is 1. The number of hydrogen-bond acceptors (Lipinski definition) is 3. The van der Waals surface area contributed by atoms with Crippen molar-refractivity contribution < 1.29 is 14.3 Å². The van der Waals surface area contributed by atoms with Gasteiger partial charge in [-0.15, -0.1) is 0 Å². The normalized spacial score (nSPS) is 13.4. The highest BCUT2D eigenvalue weighted by Crippen LogP contribution is 2.29. The standard InChI is InChI=1S/C18H18O3/c19-17-10-12-21-18-13-15(8-9-16(17)18)20-11-4-7-14-5-2-1-3-6-14/h1-3,5-6,8-9,13H,4,7,10-12H2. The van der Waals surface area contributed by atoms with E-state index in [1.807, 2.05) is 30.3 Å². The van der Waals surface area contributed by atoms with E-state index < -0.39 is 0 Å². The van der Waals surface area contributed by atoms with Crippen LogP contribution in [0.4, 0.5) is 0 Å². The average Bonchev–Trinajstić information content (AvgIpc) is 2.53. The molecule has 0 saturated carbocycles. The summed E-state index contributed by atoms with van der Waals surface area (Å²) in [6.45, 7) is 1.12.